The summed E-state index contributed by atoms with van der Waals surface area (Å²) >= 11 is 0. The van der Waals surface area contributed by atoms with Gasteiger partial charge in [0.1, 0.15) is 6.10 Å². The van der Waals surface area contributed by atoms with Crippen molar-refractivity contribution in [1.82, 2.24) is 5.32 Å². The molecule has 202 valence electrons. The quantitative estimate of drug-likeness (QED) is 0.549. The van der Waals surface area contributed by atoms with Crippen LogP contribution in [0.1, 0.15) is 40.5 Å². The zero-order chi connectivity index (χ0) is 27.9. The third kappa shape index (κ3) is 7.44. The van der Waals surface area contributed by atoms with E-state index in [2.05, 4.69) is 5.32 Å². The van der Waals surface area contributed by atoms with Gasteiger partial charge in [-0.1, -0.05) is 32.1 Å². The first-order valence-corrected chi connectivity index (χ1v) is 12.2. The summed E-state index contributed by atoms with van der Waals surface area (Å²) in [6.07, 6.45) is 5.32. The molecule has 0 unspecified atom stereocenters. The van der Waals surface area contributed by atoms with Crippen molar-refractivity contribution in [3.63, 3.8) is 0 Å². The van der Waals surface area contributed by atoms with Crippen molar-refractivity contribution in [1.29, 1.82) is 0 Å². The molecular weight excluding hydrogens is 478 g/mol. The van der Waals surface area contributed by atoms with Gasteiger partial charge in [-0.05, 0) is 44.3 Å². The number of fused-ring (bicyclic) bond motifs is 2. The molecule has 0 saturated heterocycles. The lowest BCUT2D eigenvalue weighted by Crippen LogP contribution is -2.36. The van der Waals surface area contributed by atoms with Gasteiger partial charge in [0.25, 0.3) is 5.91 Å². The smallest absolute Gasteiger partial charge is 0.251 e. The van der Waals surface area contributed by atoms with Gasteiger partial charge in [-0.2, -0.15) is 0 Å². The van der Waals surface area contributed by atoms with Crippen LogP contribution >= 0.6 is 0 Å². The number of allylic oxidation sites excluding steroid dienone is 4. The zero-order valence-corrected chi connectivity index (χ0v) is 22.5. The lowest BCUT2D eigenvalue weighted by molar-refractivity contribution is -0.122. The predicted molar refractivity (Wildman–Crippen MR) is 137 cm³/mol. The Bertz CT molecular complexity index is 1080. The molecule has 0 fully saturated rings. The fraction of sp³-hybridized carbons (Fsp3) is 0.500. The van der Waals surface area contributed by atoms with Gasteiger partial charge in [-0.3, -0.25) is 19.2 Å². The van der Waals surface area contributed by atoms with Crippen LogP contribution in [0.5, 0.6) is 0 Å². The van der Waals surface area contributed by atoms with Crippen LogP contribution in [0, 0.1) is 11.8 Å². The lowest BCUT2D eigenvalue weighted by Gasteiger charge is -2.28. The zero-order valence-electron chi connectivity index (χ0n) is 22.5. The number of carbonyl (C=O) groups excluding carboxylic acids is 4. The van der Waals surface area contributed by atoms with Crippen molar-refractivity contribution < 1.29 is 38.5 Å². The van der Waals surface area contributed by atoms with Gasteiger partial charge in [0, 0.05) is 37.4 Å². The number of methoxy groups -OCH3 is 3. The van der Waals surface area contributed by atoms with E-state index >= 15 is 0 Å². The molecule has 37 heavy (non-hydrogen) atoms. The van der Waals surface area contributed by atoms with E-state index in [0.29, 0.717) is 12.0 Å². The van der Waals surface area contributed by atoms with Gasteiger partial charge in [0.15, 0.2) is 11.5 Å². The molecule has 2 aliphatic rings. The molecule has 0 radical (unpaired) electrons. The Kier molecular flexibility index (Phi) is 10.9. The highest BCUT2D eigenvalue weighted by molar-refractivity contribution is 6.23. The minimum absolute atomic E-state index is 0.0681. The van der Waals surface area contributed by atoms with Crippen LogP contribution in [0.4, 0.5) is 0 Å². The highest BCUT2D eigenvalue weighted by atomic mass is 16.5. The van der Waals surface area contributed by atoms with Crippen LogP contribution in [0.25, 0.3) is 0 Å². The van der Waals surface area contributed by atoms with Gasteiger partial charge < -0.3 is 24.6 Å². The number of Topliss-reactive ketones (excluding diaryl/α,β-unsaturated/α-hetero) is 2. The summed E-state index contributed by atoms with van der Waals surface area (Å²) in [4.78, 5) is 51.6. The van der Waals surface area contributed by atoms with Gasteiger partial charge in [0.2, 0.25) is 11.6 Å². The monoisotopic (exact) mass is 515 g/mol. The molecule has 0 aromatic rings. The topological polar surface area (TPSA) is 128 Å². The lowest BCUT2D eigenvalue weighted by atomic mass is 9.85. The number of ketones is 3. The number of hydrogen-bond donors (Lipinski definition) is 2. The number of aliphatic hydroxyl groups is 1. The van der Waals surface area contributed by atoms with Crippen molar-refractivity contribution in [2.45, 2.75) is 58.8 Å². The van der Waals surface area contributed by atoms with Crippen molar-refractivity contribution in [2.75, 3.05) is 21.3 Å². The molecule has 0 spiro atoms. The maximum absolute atomic E-state index is 13.3. The standard InChI is InChI=1S/C28H37NO8/c1-15-11-19-26(33)20(14-21(30)27(19)37-7)29-28(34)16(2)9-8-10-22(35-5)24(31)17(3)13-18(4)25(32)23(12-15)36-6/h8-10,13-15,18,22-23,25,32H,11-12H2,1-7H3,(H,29,34)/b10-8-,16-9+,17-13+/t15-,18+,22+,23+,25-/m1/s1. The summed E-state index contributed by atoms with van der Waals surface area (Å²) in [6, 6.07) is 0. The molecule has 0 aromatic carbocycles. The summed E-state index contributed by atoms with van der Waals surface area (Å²) in [5.74, 6) is -2.57. The molecule has 2 N–H and O–H groups in total. The van der Waals surface area contributed by atoms with E-state index < -0.39 is 41.7 Å². The van der Waals surface area contributed by atoms with Gasteiger partial charge in [-0.25, -0.2) is 0 Å². The minimum atomic E-state index is -0.936. The molecule has 2 rings (SSSR count). The van der Waals surface area contributed by atoms with Crippen LogP contribution < -0.4 is 5.32 Å². The van der Waals surface area contributed by atoms with E-state index in [1.165, 1.54) is 39.6 Å². The Hall–Kier alpha value is -3.14. The number of amides is 1. The number of rotatable bonds is 3. The highest BCUT2D eigenvalue weighted by Gasteiger charge is 2.33. The number of aliphatic hydroxyl groups excluding tert-OH is 1. The normalized spacial score (nSPS) is 32.6. The van der Waals surface area contributed by atoms with E-state index in [1.54, 1.807) is 26.8 Å². The number of carbonyl (C=O) groups is 4. The molecule has 2 bridgehead atoms. The maximum atomic E-state index is 13.3. The Morgan fingerprint density at radius 1 is 1.00 bits per heavy atom. The molecule has 5 atom stereocenters. The van der Waals surface area contributed by atoms with Crippen LogP contribution in [-0.2, 0) is 33.4 Å². The summed E-state index contributed by atoms with van der Waals surface area (Å²) in [5.41, 5.74) is 0.677. The largest absolute Gasteiger partial charge is 0.492 e. The first-order chi connectivity index (χ1) is 17.4. The Morgan fingerprint density at radius 3 is 2.27 bits per heavy atom. The third-order valence-corrected chi connectivity index (χ3v) is 6.56. The first-order valence-electron chi connectivity index (χ1n) is 12.2. The number of ether oxygens (including phenoxy) is 3. The summed E-state index contributed by atoms with van der Waals surface area (Å²) < 4.78 is 16.1. The van der Waals surface area contributed by atoms with Gasteiger partial charge in [0.05, 0.1) is 25.0 Å². The number of hydrogen-bond acceptors (Lipinski definition) is 8. The van der Waals surface area contributed by atoms with E-state index in [4.69, 9.17) is 14.2 Å². The maximum Gasteiger partial charge on any atom is 0.251 e. The van der Waals surface area contributed by atoms with E-state index in [-0.39, 0.29) is 40.7 Å². The minimum Gasteiger partial charge on any atom is -0.492 e. The molecule has 0 aromatic heterocycles. The summed E-state index contributed by atoms with van der Waals surface area (Å²) in [5, 5.41) is 13.5. The second kappa shape index (κ2) is 13.4. The van der Waals surface area contributed by atoms with Gasteiger partial charge >= 0.3 is 0 Å². The van der Waals surface area contributed by atoms with E-state index in [1.807, 2.05) is 6.92 Å². The fourth-order valence-electron chi connectivity index (χ4n) is 4.39. The summed E-state index contributed by atoms with van der Waals surface area (Å²) in [6.45, 7) is 6.85. The average molecular weight is 516 g/mol. The SMILES string of the molecule is COC1=C2C[C@@H](C)C[C@H](OC)[C@H](O)[C@@H](C)/C=C(\C)C(=O)[C@@H](OC)/C=C\C=C(/C)C(=O)NC(=CC1=O)C2=O. The molecule has 9 nitrogen and oxygen atoms in total. The van der Waals surface area contributed by atoms with Crippen molar-refractivity contribution >= 4 is 23.3 Å². The third-order valence-electron chi connectivity index (χ3n) is 6.56. The summed E-state index contributed by atoms with van der Waals surface area (Å²) in [7, 11) is 4.20. The molecular formula is C28H37NO8. The number of nitrogens with one attached hydrogen (secondary N) is 1. The van der Waals surface area contributed by atoms with Crippen LogP contribution in [0.2, 0.25) is 0 Å². The second-order valence-electron chi connectivity index (χ2n) is 9.49. The van der Waals surface area contributed by atoms with Crippen molar-refractivity contribution in [3.8, 4) is 0 Å². The molecule has 1 amide bonds. The van der Waals surface area contributed by atoms with Crippen LogP contribution in [0.3, 0.4) is 0 Å². The Labute approximate surface area is 217 Å². The Morgan fingerprint density at radius 2 is 1.68 bits per heavy atom. The van der Waals surface area contributed by atoms with E-state index in [9.17, 15) is 24.3 Å². The highest BCUT2D eigenvalue weighted by Crippen LogP contribution is 2.29. The predicted octanol–water partition coefficient (Wildman–Crippen LogP) is 2.51. The molecule has 1 aliphatic carbocycles. The molecule has 9 heteroatoms. The van der Waals surface area contributed by atoms with Crippen molar-refractivity contribution in [2.24, 2.45) is 11.8 Å². The average Bonchev–Trinajstić information content (AvgIpc) is 2.86. The molecule has 1 heterocycles. The second-order valence-corrected chi connectivity index (χ2v) is 9.49. The van der Waals surface area contributed by atoms with Crippen molar-refractivity contribution in [3.05, 3.63) is 58.6 Å². The Balaban J connectivity index is 2.54. The molecule has 1 aliphatic heterocycles. The van der Waals surface area contributed by atoms with Crippen LogP contribution in [0.15, 0.2) is 58.6 Å². The van der Waals surface area contributed by atoms with E-state index in [0.717, 1.165) is 6.08 Å². The molecule has 0 saturated carbocycles. The van der Waals surface area contributed by atoms with Gasteiger partial charge in [-0.15, -0.1) is 0 Å². The first kappa shape index (κ1) is 30.1. The van der Waals surface area contributed by atoms with Crippen LogP contribution in [-0.4, -0.2) is 68.0 Å². The fourth-order valence-corrected chi connectivity index (χ4v) is 4.39.